The van der Waals surface area contributed by atoms with Crippen molar-refractivity contribution in [1.29, 1.82) is 0 Å². The van der Waals surface area contributed by atoms with Crippen molar-refractivity contribution in [1.82, 2.24) is 0 Å². The number of nitrogens with zero attached hydrogens (tertiary/aromatic N) is 2. The van der Waals surface area contributed by atoms with Gasteiger partial charge < -0.3 is 4.18 Å². The molecule has 0 bridgehead atoms. The van der Waals surface area contributed by atoms with Gasteiger partial charge in [-0.3, -0.25) is 4.79 Å². The molecule has 0 saturated heterocycles. The maximum Gasteiger partial charge on any atom is 0.339 e. The van der Waals surface area contributed by atoms with Gasteiger partial charge in [-0.15, -0.1) is 0 Å². The molecule has 0 radical (unpaired) electrons. The van der Waals surface area contributed by atoms with E-state index in [2.05, 4.69) is 5.10 Å². The first-order chi connectivity index (χ1) is 14.4. The Balaban J connectivity index is 1.53. The lowest BCUT2D eigenvalue weighted by Crippen LogP contribution is -2.21. The number of hydrogen-bond acceptors (Lipinski definition) is 5. The zero-order valence-electron chi connectivity index (χ0n) is 16.1. The van der Waals surface area contributed by atoms with Crippen LogP contribution in [0.2, 0.25) is 0 Å². The lowest BCUT2D eigenvalue weighted by molar-refractivity contribution is -0.114. The molecule has 4 rings (SSSR count). The fourth-order valence-electron chi connectivity index (χ4n) is 2.98. The number of para-hydroxylation sites is 1. The molecule has 0 aliphatic carbocycles. The summed E-state index contributed by atoms with van der Waals surface area (Å²) in [6.45, 7) is 1.77. The summed E-state index contributed by atoms with van der Waals surface area (Å²) in [6.07, 6.45) is 1.72. The van der Waals surface area contributed by atoms with Gasteiger partial charge in [-0.25, -0.2) is 0 Å². The SMILES string of the molecule is CC1=NN(c2ccccc2)C(=O)/C1=C\c1ccc(OS(=O)(=O)c2ccccc2)cc1. The van der Waals surface area contributed by atoms with Crippen molar-refractivity contribution in [2.24, 2.45) is 5.10 Å². The van der Waals surface area contributed by atoms with Crippen LogP contribution in [0, 0.1) is 0 Å². The van der Waals surface area contributed by atoms with Crippen LogP contribution in [0.15, 0.2) is 100 Å². The van der Waals surface area contributed by atoms with Gasteiger partial charge in [-0.1, -0.05) is 48.5 Å². The molecular formula is C23H18N2O4S. The van der Waals surface area contributed by atoms with Crippen LogP contribution in [0.4, 0.5) is 5.69 Å². The van der Waals surface area contributed by atoms with Gasteiger partial charge in [-0.05, 0) is 55.0 Å². The van der Waals surface area contributed by atoms with E-state index in [9.17, 15) is 13.2 Å². The highest BCUT2D eigenvalue weighted by Crippen LogP contribution is 2.25. The Morgan fingerprint density at radius 1 is 0.867 bits per heavy atom. The molecule has 1 aliphatic rings. The quantitative estimate of drug-likeness (QED) is 0.458. The summed E-state index contributed by atoms with van der Waals surface area (Å²) in [5.41, 5.74) is 2.51. The molecule has 6 nitrogen and oxygen atoms in total. The van der Waals surface area contributed by atoms with Crippen LogP contribution in [-0.4, -0.2) is 20.0 Å². The standard InChI is InChI=1S/C23H18N2O4S/c1-17-22(23(26)25(24-17)19-8-4-2-5-9-19)16-18-12-14-20(15-13-18)29-30(27,28)21-10-6-3-7-11-21/h2-16H,1H3/b22-16-. The van der Waals surface area contributed by atoms with E-state index in [1.165, 1.54) is 17.1 Å². The Bertz CT molecular complexity index is 1230. The first-order valence-corrected chi connectivity index (χ1v) is 10.6. The number of hydrogen-bond donors (Lipinski definition) is 0. The Morgan fingerprint density at radius 3 is 2.10 bits per heavy atom. The van der Waals surface area contributed by atoms with E-state index >= 15 is 0 Å². The van der Waals surface area contributed by atoms with Crippen LogP contribution in [0.1, 0.15) is 12.5 Å². The van der Waals surface area contributed by atoms with E-state index in [4.69, 9.17) is 4.18 Å². The summed E-state index contributed by atoms with van der Waals surface area (Å²) in [7, 11) is -3.90. The van der Waals surface area contributed by atoms with Gasteiger partial charge in [0.25, 0.3) is 5.91 Å². The minimum atomic E-state index is -3.90. The van der Waals surface area contributed by atoms with Crippen LogP contribution in [0.5, 0.6) is 5.75 Å². The number of hydrazone groups is 1. The Kier molecular flexibility index (Phi) is 5.20. The second-order valence-corrected chi connectivity index (χ2v) is 8.16. The third-order valence-electron chi connectivity index (χ3n) is 4.49. The summed E-state index contributed by atoms with van der Waals surface area (Å²) < 4.78 is 29.8. The van der Waals surface area contributed by atoms with E-state index in [-0.39, 0.29) is 16.6 Å². The minimum absolute atomic E-state index is 0.0839. The first-order valence-electron chi connectivity index (χ1n) is 9.20. The van der Waals surface area contributed by atoms with Gasteiger partial charge in [0.05, 0.1) is 17.0 Å². The highest BCUT2D eigenvalue weighted by atomic mass is 32.2. The van der Waals surface area contributed by atoms with Crippen molar-refractivity contribution in [3.63, 3.8) is 0 Å². The van der Waals surface area contributed by atoms with Crippen molar-refractivity contribution >= 4 is 33.5 Å². The lowest BCUT2D eigenvalue weighted by atomic mass is 10.1. The number of amides is 1. The molecule has 0 saturated carbocycles. The van der Waals surface area contributed by atoms with Gasteiger partial charge in [0.1, 0.15) is 10.6 Å². The molecule has 0 fully saturated rings. The van der Waals surface area contributed by atoms with Crippen LogP contribution in [0.25, 0.3) is 6.08 Å². The summed E-state index contributed by atoms with van der Waals surface area (Å²) in [4.78, 5) is 12.9. The third-order valence-corrected chi connectivity index (χ3v) is 5.75. The highest BCUT2D eigenvalue weighted by Gasteiger charge is 2.28. The maximum absolute atomic E-state index is 12.8. The molecule has 0 unspecified atom stereocenters. The van der Waals surface area contributed by atoms with E-state index in [0.29, 0.717) is 17.0 Å². The fraction of sp³-hybridized carbons (Fsp3) is 0.0435. The molecule has 1 heterocycles. The Labute approximate surface area is 174 Å². The molecule has 0 spiro atoms. The summed E-state index contributed by atoms with van der Waals surface area (Å²) in [5.74, 6) is -0.0271. The number of carbonyl (C=O) groups is 1. The van der Waals surface area contributed by atoms with Gasteiger partial charge in [0.15, 0.2) is 0 Å². The van der Waals surface area contributed by atoms with Gasteiger partial charge >= 0.3 is 10.1 Å². The van der Waals surface area contributed by atoms with Gasteiger partial charge in [0, 0.05) is 0 Å². The summed E-state index contributed by atoms with van der Waals surface area (Å²) in [6, 6.07) is 23.6. The molecule has 150 valence electrons. The fourth-order valence-corrected chi connectivity index (χ4v) is 3.93. The Morgan fingerprint density at radius 2 is 1.47 bits per heavy atom. The minimum Gasteiger partial charge on any atom is -0.379 e. The van der Waals surface area contributed by atoms with Crippen molar-refractivity contribution in [2.45, 2.75) is 11.8 Å². The molecule has 3 aromatic carbocycles. The molecule has 1 aliphatic heterocycles. The smallest absolute Gasteiger partial charge is 0.339 e. The van der Waals surface area contributed by atoms with Gasteiger partial charge in [0.2, 0.25) is 0 Å². The normalized spacial score (nSPS) is 15.4. The zero-order valence-corrected chi connectivity index (χ0v) is 16.9. The number of rotatable bonds is 5. The number of anilines is 1. The predicted octanol–water partition coefficient (Wildman–Crippen LogP) is 4.26. The maximum atomic E-state index is 12.8. The van der Waals surface area contributed by atoms with Crippen molar-refractivity contribution in [3.8, 4) is 5.75 Å². The average Bonchev–Trinajstić information content (AvgIpc) is 3.04. The van der Waals surface area contributed by atoms with Crippen molar-refractivity contribution in [3.05, 3.63) is 96.1 Å². The van der Waals surface area contributed by atoms with E-state index < -0.39 is 10.1 Å². The van der Waals surface area contributed by atoms with Crippen molar-refractivity contribution < 1.29 is 17.4 Å². The van der Waals surface area contributed by atoms with Crippen molar-refractivity contribution in [2.75, 3.05) is 5.01 Å². The number of carbonyl (C=O) groups excluding carboxylic acids is 1. The average molecular weight is 418 g/mol. The van der Waals surface area contributed by atoms with Crippen LogP contribution in [0.3, 0.4) is 0 Å². The van der Waals surface area contributed by atoms with E-state index in [0.717, 1.165) is 5.56 Å². The lowest BCUT2D eigenvalue weighted by Gasteiger charge is -2.11. The molecule has 0 N–H and O–H groups in total. The largest absolute Gasteiger partial charge is 0.379 e. The van der Waals surface area contributed by atoms with Crippen LogP contribution < -0.4 is 9.19 Å². The molecule has 7 heteroatoms. The number of benzene rings is 3. The molecule has 30 heavy (non-hydrogen) atoms. The highest BCUT2D eigenvalue weighted by molar-refractivity contribution is 7.87. The molecule has 1 amide bonds. The van der Waals surface area contributed by atoms with Gasteiger partial charge in [-0.2, -0.15) is 18.5 Å². The van der Waals surface area contributed by atoms with Crippen LogP contribution in [-0.2, 0) is 14.9 Å². The van der Waals surface area contributed by atoms with E-state index in [1.54, 1.807) is 55.5 Å². The molecule has 0 aromatic heterocycles. The first kappa shape index (κ1) is 19.6. The zero-order chi connectivity index (χ0) is 21.1. The molecular weight excluding hydrogens is 400 g/mol. The van der Waals surface area contributed by atoms with Crippen LogP contribution >= 0.6 is 0 Å². The summed E-state index contributed by atoms with van der Waals surface area (Å²) >= 11 is 0. The monoisotopic (exact) mass is 418 g/mol. The van der Waals surface area contributed by atoms with E-state index in [1.807, 2.05) is 30.3 Å². The summed E-state index contributed by atoms with van der Waals surface area (Å²) in [5, 5.41) is 5.71. The Hall–Kier alpha value is -3.71. The molecule has 3 aromatic rings. The predicted molar refractivity (Wildman–Crippen MR) is 116 cm³/mol. The second kappa shape index (κ2) is 7.96. The second-order valence-electron chi connectivity index (χ2n) is 6.62. The molecule has 0 atom stereocenters. The topological polar surface area (TPSA) is 76.0 Å². The third kappa shape index (κ3) is 4.01.